The first-order chi connectivity index (χ1) is 18.6. The molecule has 0 saturated heterocycles. The van der Waals surface area contributed by atoms with Gasteiger partial charge in [-0.05, 0) is 64.9 Å². The van der Waals surface area contributed by atoms with E-state index in [9.17, 15) is 10.5 Å². The minimum Gasteiger partial charge on any atom is -0.618 e. The first-order valence-corrected chi connectivity index (χ1v) is 12.2. The summed E-state index contributed by atoms with van der Waals surface area (Å²) in [5.74, 6) is 0.286. The van der Waals surface area contributed by atoms with Gasteiger partial charge in [0.05, 0.1) is 28.4 Å². The van der Waals surface area contributed by atoms with Gasteiger partial charge in [-0.3, -0.25) is 0 Å². The van der Waals surface area contributed by atoms with Crippen LogP contribution in [0.1, 0.15) is 28.6 Å². The minimum absolute atomic E-state index is 0.361. The number of hydrogen-bond acceptors (Lipinski definition) is 6. The van der Waals surface area contributed by atoms with Crippen LogP contribution in [0, 0.1) is 16.5 Å². The van der Waals surface area contributed by atoms with Crippen molar-refractivity contribution >= 4 is 22.6 Å². The van der Waals surface area contributed by atoms with Gasteiger partial charge in [-0.2, -0.15) is 14.7 Å². The molecule has 1 N–H and O–H groups in total. The van der Waals surface area contributed by atoms with Crippen molar-refractivity contribution in [2.45, 2.75) is 12.3 Å². The fraction of sp³-hybridized carbons (Fsp3) is 0.0714. The lowest BCUT2D eigenvalue weighted by atomic mass is 9.94. The van der Waals surface area contributed by atoms with E-state index in [0.717, 1.165) is 21.3 Å². The van der Waals surface area contributed by atoms with E-state index in [4.69, 9.17) is 16.6 Å². The molecule has 1 unspecified atom stereocenters. The number of aromatic amines is 1. The first kappa shape index (κ1) is 23.3. The van der Waals surface area contributed by atoms with Crippen LogP contribution in [0.15, 0.2) is 91.4 Å². The third-order valence-corrected chi connectivity index (χ3v) is 6.64. The molecular formula is C28H19ClN8O. The van der Waals surface area contributed by atoms with Gasteiger partial charge in [0, 0.05) is 22.2 Å². The number of aromatic nitrogens is 7. The van der Waals surface area contributed by atoms with Gasteiger partial charge in [0.25, 0.3) is 0 Å². The fourth-order valence-electron chi connectivity index (χ4n) is 4.59. The molecule has 3 aromatic carbocycles. The lowest BCUT2D eigenvalue weighted by Gasteiger charge is -2.16. The van der Waals surface area contributed by atoms with Crippen molar-refractivity contribution in [3.8, 4) is 22.9 Å². The van der Waals surface area contributed by atoms with Crippen molar-refractivity contribution in [1.82, 2.24) is 30.2 Å². The fourth-order valence-corrected chi connectivity index (χ4v) is 4.76. The van der Waals surface area contributed by atoms with Gasteiger partial charge in [0.1, 0.15) is 18.1 Å². The zero-order valence-corrected chi connectivity index (χ0v) is 20.6. The summed E-state index contributed by atoms with van der Waals surface area (Å²) in [5, 5.41) is 34.8. The van der Waals surface area contributed by atoms with Crippen LogP contribution in [0.25, 0.3) is 27.8 Å². The maximum atomic E-state index is 13.6. The monoisotopic (exact) mass is 518 g/mol. The maximum absolute atomic E-state index is 13.6. The maximum Gasteiger partial charge on any atom is 0.203 e. The molecule has 3 aromatic heterocycles. The SMILES string of the molecule is N#Cc1ccc2nc(C(Cc3ccccc3)c3ccc(-c4cc(Cl)ccc4-n4cnnn4)c[n+]3[O-])[nH]c2c1. The van der Waals surface area contributed by atoms with Gasteiger partial charge in [0.2, 0.25) is 5.69 Å². The van der Waals surface area contributed by atoms with E-state index in [0.29, 0.717) is 45.3 Å². The highest BCUT2D eigenvalue weighted by Crippen LogP contribution is 2.31. The number of tetrazole rings is 1. The number of benzene rings is 3. The summed E-state index contributed by atoms with van der Waals surface area (Å²) in [6.45, 7) is 0. The molecule has 6 rings (SSSR count). The van der Waals surface area contributed by atoms with Crippen molar-refractivity contribution < 1.29 is 4.73 Å². The zero-order chi connectivity index (χ0) is 26.1. The number of imidazole rings is 1. The quantitative estimate of drug-likeness (QED) is 0.251. The first-order valence-electron chi connectivity index (χ1n) is 11.8. The van der Waals surface area contributed by atoms with E-state index >= 15 is 0 Å². The second-order valence-electron chi connectivity index (χ2n) is 8.79. The van der Waals surface area contributed by atoms with Crippen LogP contribution >= 0.6 is 11.6 Å². The Morgan fingerprint density at radius 1 is 1.05 bits per heavy atom. The number of hydrogen-bond donors (Lipinski definition) is 1. The number of nitrogens with zero attached hydrogens (tertiary/aromatic N) is 7. The summed E-state index contributed by atoms with van der Waals surface area (Å²) in [7, 11) is 0. The van der Waals surface area contributed by atoms with Gasteiger partial charge in [0.15, 0.2) is 6.20 Å². The summed E-state index contributed by atoms with van der Waals surface area (Å²) in [5.41, 5.74) is 5.69. The molecule has 1 atom stereocenters. The number of pyridine rings is 1. The zero-order valence-electron chi connectivity index (χ0n) is 19.9. The molecule has 10 heteroatoms. The van der Waals surface area contributed by atoms with Crippen LogP contribution in [0.3, 0.4) is 0 Å². The van der Waals surface area contributed by atoms with Crippen LogP contribution in [0.2, 0.25) is 5.02 Å². The van der Waals surface area contributed by atoms with Crippen LogP contribution in [0.5, 0.6) is 0 Å². The number of fused-ring (bicyclic) bond motifs is 1. The molecule has 0 saturated carbocycles. The second-order valence-corrected chi connectivity index (χ2v) is 9.23. The molecule has 6 aromatic rings. The molecule has 0 bridgehead atoms. The summed E-state index contributed by atoms with van der Waals surface area (Å²) < 4.78 is 2.40. The predicted octanol–water partition coefficient (Wildman–Crippen LogP) is 4.74. The third kappa shape index (κ3) is 4.45. The number of H-pyrrole nitrogens is 1. The van der Waals surface area contributed by atoms with E-state index in [-0.39, 0.29) is 5.92 Å². The van der Waals surface area contributed by atoms with E-state index in [1.54, 1.807) is 30.3 Å². The predicted molar refractivity (Wildman–Crippen MR) is 141 cm³/mol. The number of halogens is 1. The summed E-state index contributed by atoms with van der Waals surface area (Å²) in [6, 6.07) is 26.4. The normalized spacial score (nSPS) is 11.9. The average molecular weight is 519 g/mol. The molecule has 0 spiro atoms. The van der Waals surface area contributed by atoms with Gasteiger partial charge in [-0.15, -0.1) is 5.10 Å². The Hall–Kier alpha value is -5.07. The molecule has 184 valence electrons. The highest BCUT2D eigenvalue weighted by Gasteiger charge is 2.27. The summed E-state index contributed by atoms with van der Waals surface area (Å²) in [4.78, 5) is 8.12. The Balaban J connectivity index is 1.45. The molecule has 3 heterocycles. The summed E-state index contributed by atoms with van der Waals surface area (Å²) >= 11 is 6.30. The highest BCUT2D eigenvalue weighted by molar-refractivity contribution is 6.31. The van der Waals surface area contributed by atoms with E-state index in [2.05, 4.69) is 26.6 Å². The van der Waals surface area contributed by atoms with Gasteiger partial charge in [-0.25, -0.2) is 4.98 Å². The van der Waals surface area contributed by atoms with Gasteiger partial charge in [-0.1, -0.05) is 41.9 Å². The van der Waals surface area contributed by atoms with Crippen molar-refractivity contribution in [2.24, 2.45) is 0 Å². The Kier molecular flexibility index (Phi) is 6.00. The van der Waals surface area contributed by atoms with E-state index < -0.39 is 0 Å². The largest absolute Gasteiger partial charge is 0.618 e. The van der Waals surface area contributed by atoms with E-state index in [1.165, 1.54) is 17.2 Å². The highest BCUT2D eigenvalue weighted by atomic mass is 35.5. The minimum atomic E-state index is -0.361. The van der Waals surface area contributed by atoms with Crippen molar-refractivity contribution in [3.05, 3.63) is 124 Å². The van der Waals surface area contributed by atoms with Crippen LogP contribution in [0.4, 0.5) is 0 Å². The van der Waals surface area contributed by atoms with Crippen LogP contribution in [-0.2, 0) is 6.42 Å². The van der Waals surface area contributed by atoms with E-state index in [1.807, 2.05) is 48.5 Å². The molecule has 0 amide bonds. The van der Waals surface area contributed by atoms with Crippen molar-refractivity contribution in [3.63, 3.8) is 0 Å². The average Bonchev–Trinajstić information content (AvgIpc) is 3.62. The molecule has 0 radical (unpaired) electrons. The number of nitriles is 1. The Labute approximate surface area is 222 Å². The molecule has 38 heavy (non-hydrogen) atoms. The van der Waals surface area contributed by atoms with Crippen LogP contribution in [-0.4, -0.2) is 30.2 Å². The molecule has 0 aliphatic carbocycles. The third-order valence-electron chi connectivity index (χ3n) is 6.41. The summed E-state index contributed by atoms with van der Waals surface area (Å²) in [6.07, 6.45) is 3.57. The van der Waals surface area contributed by atoms with Crippen molar-refractivity contribution in [2.75, 3.05) is 0 Å². The second kappa shape index (κ2) is 9.76. The molecular weight excluding hydrogens is 500 g/mol. The standard InChI is InChI=1S/C28H19ClN8O/c29-21-8-11-26(36-17-31-34-35-36)22(14-21)20-7-10-27(37(38)16-20)23(12-18-4-2-1-3-5-18)28-32-24-9-6-19(15-30)13-25(24)33-28/h1-11,13-14,16-17,23H,12H2,(H,32,33). The lowest BCUT2D eigenvalue weighted by Crippen LogP contribution is -2.34. The number of nitrogens with one attached hydrogen (secondary N) is 1. The van der Waals surface area contributed by atoms with Crippen molar-refractivity contribution in [1.29, 1.82) is 5.26 Å². The van der Waals surface area contributed by atoms with Gasteiger partial charge >= 0.3 is 0 Å². The molecule has 0 fully saturated rings. The lowest BCUT2D eigenvalue weighted by molar-refractivity contribution is -0.614. The number of rotatable bonds is 6. The molecule has 9 nitrogen and oxygen atoms in total. The topological polar surface area (TPSA) is 123 Å². The smallest absolute Gasteiger partial charge is 0.203 e. The Morgan fingerprint density at radius 2 is 1.92 bits per heavy atom. The molecule has 0 aliphatic heterocycles. The molecule has 0 aliphatic rings. The Bertz CT molecular complexity index is 1790. The van der Waals surface area contributed by atoms with Gasteiger partial charge < -0.3 is 10.2 Å². The Morgan fingerprint density at radius 3 is 2.68 bits per heavy atom. The van der Waals surface area contributed by atoms with Crippen LogP contribution < -0.4 is 4.73 Å².